The number of nitrogens with one attached hydrogen (secondary N) is 1. The maximum absolute atomic E-state index is 10.8. The number of amides is 1. The van der Waals surface area contributed by atoms with E-state index >= 15 is 0 Å². The zero-order valence-electron chi connectivity index (χ0n) is 15.8. The van der Waals surface area contributed by atoms with Gasteiger partial charge in [0.25, 0.3) is 0 Å². The van der Waals surface area contributed by atoms with Crippen LogP contribution in [-0.4, -0.2) is 39.6 Å². The van der Waals surface area contributed by atoms with E-state index in [-0.39, 0.29) is 10.0 Å². The van der Waals surface area contributed by atoms with Crippen LogP contribution in [0.25, 0.3) is 11.1 Å². The van der Waals surface area contributed by atoms with Gasteiger partial charge in [-0.1, -0.05) is 0 Å². The molecule has 0 radical (unpaired) electrons. The maximum atomic E-state index is 10.8. The summed E-state index contributed by atoms with van der Waals surface area (Å²) in [6, 6.07) is 7.64. The van der Waals surface area contributed by atoms with Crippen molar-refractivity contribution >= 4 is 28.8 Å². The summed E-state index contributed by atoms with van der Waals surface area (Å²) in [5.41, 5.74) is 2.84. The quantitative estimate of drug-likeness (QED) is 0.676. The third-order valence-corrected chi connectivity index (χ3v) is 5.14. The first-order chi connectivity index (χ1) is 12.7. The second-order valence-corrected chi connectivity index (χ2v) is 10.6. The molecule has 0 aliphatic carbocycles. The Morgan fingerprint density at radius 2 is 2.19 bits per heavy atom. The van der Waals surface area contributed by atoms with Gasteiger partial charge in [0.1, 0.15) is 0 Å². The van der Waals surface area contributed by atoms with Crippen molar-refractivity contribution in [3.05, 3.63) is 36.0 Å². The number of aromatic nitrogens is 1. The van der Waals surface area contributed by atoms with Crippen LogP contribution in [0.2, 0.25) is 4.20 Å². The number of anilines is 1. The van der Waals surface area contributed by atoms with Crippen molar-refractivity contribution in [3.63, 3.8) is 0 Å². The fraction of sp³-hybridized carbons (Fsp3) is 0.400. The van der Waals surface area contributed by atoms with E-state index in [1.54, 1.807) is 29.1 Å². The monoisotopic (exact) mass is 432 g/mol. The van der Waals surface area contributed by atoms with Crippen LogP contribution in [0.3, 0.4) is 0 Å². The summed E-state index contributed by atoms with van der Waals surface area (Å²) in [6.07, 6.45) is 1.53. The average Bonchev–Trinajstić information content (AvgIpc) is 2.58. The number of fused-ring (bicyclic) bond motifs is 3. The SMILES string of the molecule is CC(C)CC(C)([AsH2])COc1ccc2c(c1)COc1cnc(NC(=O)O)cc1-2. The predicted octanol–water partition coefficient (Wildman–Crippen LogP) is 3.97. The number of carboxylic acid groups (broad SMARTS) is 1. The van der Waals surface area contributed by atoms with Gasteiger partial charge in [0.05, 0.1) is 0 Å². The molecule has 1 aliphatic heterocycles. The number of nitrogens with zero attached hydrogens (tertiary/aromatic N) is 1. The Hall–Kier alpha value is -2.20. The van der Waals surface area contributed by atoms with Gasteiger partial charge in [-0.3, -0.25) is 0 Å². The summed E-state index contributed by atoms with van der Waals surface area (Å²) in [4.78, 5) is 14.9. The van der Waals surface area contributed by atoms with E-state index in [1.165, 1.54) is 0 Å². The predicted molar refractivity (Wildman–Crippen MR) is 108 cm³/mol. The molecule has 1 aliphatic rings. The second-order valence-electron chi connectivity index (χ2n) is 7.64. The van der Waals surface area contributed by atoms with Crippen molar-refractivity contribution in [1.29, 1.82) is 0 Å². The molecule has 1 aromatic carbocycles. The van der Waals surface area contributed by atoms with Crippen molar-refractivity contribution in [2.24, 2.45) is 5.92 Å². The van der Waals surface area contributed by atoms with E-state index in [0.29, 0.717) is 24.9 Å². The summed E-state index contributed by atoms with van der Waals surface area (Å²) in [7, 11) is 0. The molecular formula is C20H25AsN2O4. The number of rotatable bonds is 6. The van der Waals surface area contributed by atoms with Gasteiger partial charge in [-0.05, 0) is 0 Å². The van der Waals surface area contributed by atoms with Gasteiger partial charge < -0.3 is 5.11 Å². The number of carbonyl (C=O) groups is 1. The van der Waals surface area contributed by atoms with Crippen LogP contribution >= 0.6 is 0 Å². The molecule has 0 saturated heterocycles. The Balaban J connectivity index is 1.80. The van der Waals surface area contributed by atoms with Crippen LogP contribution in [0.4, 0.5) is 10.6 Å². The zero-order valence-corrected chi connectivity index (χ0v) is 18.2. The standard InChI is InChI=1S/C20H25AsN2O4/c1-12(2)8-20(3,21)11-27-14-4-5-15-13(6-14)10-26-17-9-22-18(7-16(15)17)23-19(24)25/h4-7,9,12H,8,10-11,21H2,1-3H3,(H,22,23)(H,24,25). The first-order valence-electron chi connectivity index (χ1n) is 8.91. The summed E-state index contributed by atoms with van der Waals surface area (Å²) in [6.45, 7) is 7.82. The van der Waals surface area contributed by atoms with Crippen LogP contribution in [0.15, 0.2) is 30.5 Å². The number of hydrogen-bond donors (Lipinski definition) is 2. The van der Waals surface area contributed by atoms with Gasteiger partial charge in [0, 0.05) is 0 Å². The first-order valence-corrected chi connectivity index (χ1v) is 10.1. The van der Waals surface area contributed by atoms with Crippen molar-refractivity contribution in [2.75, 3.05) is 11.9 Å². The minimum absolute atomic E-state index is 0.170. The van der Waals surface area contributed by atoms with Crippen LogP contribution in [0.1, 0.15) is 32.8 Å². The van der Waals surface area contributed by atoms with Gasteiger partial charge in [-0.2, -0.15) is 0 Å². The Morgan fingerprint density at radius 1 is 1.41 bits per heavy atom. The molecule has 0 spiro atoms. The van der Waals surface area contributed by atoms with Crippen molar-refractivity contribution < 1.29 is 19.4 Å². The van der Waals surface area contributed by atoms with Crippen molar-refractivity contribution in [2.45, 2.75) is 38.0 Å². The summed E-state index contributed by atoms with van der Waals surface area (Å²) >= 11 is 1.71. The molecule has 144 valence electrons. The number of hydrogen-bond acceptors (Lipinski definition) is 4. The Labute approximate surface area is 167 Å². The van der Waals surface area contributed by atoms with Crippen LogP contribution in [-0.2, 0) is 6.61 Å². The number of ether oxygens (including phenoxy) is 2. The fourth-order valence-electron chi connectivity index (χ4n) is 3.38. The molecule has 0 bridgehead atoms. The summed E-state index contributed by atoms with van der Waals surface area (Å²) in [5.74, 6) is 2.39. The molecule has 1 amide bonds. The third-order valence-electron chi connectivity index (χ3n) is 4.30. The Morgan fingerprint density at radius 3 is 2.89 bits per heavy atom. The molecule has 2 atom stereocenters. The van der Waals surface area contributed by atoms with Crippen molar-refractivity contribution in [3.8, 4) is 22.6 Å². The van der Waals surface area contributed by atoms with Crippen molar-refractivity contribution in [1.82, 2.24) is 4.98 Å². The molecule has 6 nitrogen and oxygen atoms in total. The molecule has 3 rings (SSSR count). The number of pyridine rings is 1. The van der Waals surface area contributed by atoms with Gasteiger partial charge >= 0.3 is 158 Å². The molecule has 2 heterocycles. The molecular weight excluding hydrogens is 407 g/mol. The number of benzene rings is 1. The van der Waals surface area contributed by atoms with E-state index < -0.39 is 6.09 Å². The normalized spacial score (nSPS) is 14.6. The molecule has 0 saturated carbocycles. The van der Waals surface area contributed by atoms with Crippen LogP contribution in [0.5, 0.6) is 11.5 Å². The molecule has 2 N–H and O–H groups in total. The molecule has 0 fully saturated rings. The van der Waals surface area contributed by atoms with E-state index in [0.717, 1.165) is 28.9 Å². The Bertz CT molecular complexity index is 852. The van der Waals surface area contributed by atoms with Crippen LogP contribution in [0, 0.1) is 5.92 Å². The van der Waals surface area contributed by atoms with E-state index in [1.807, 2.05) is 18.2 Å². The molecule has 2 aromatic rings. The average molecular weight is 432 g/mol. The first kappa shape index (κ1) is 19.6. The molecule has 27 heavy (non-hydrogen) atoms. The van der Waals surface area contributed by atoms with Gasteiger partial charge in [-0.25, -0.2) is 4.79 Å². The second kappa shape index (κ2) is 7.81. The minimum atomic E-state index is -1.14. The van der Waals surface area contributed by atoms with E-state index in [4.69, 9.17) is 14.6 Å². The van der Waals surface area contributed by atoms with Crippen LogP contribution < -0.4 is 14.8 Å². The van der Waals surface area contributed by atoms with E-state index in [9.17, 15) is 4.79 Å². The Kier molecular flexibility index (Phi) is 5.66. The van der Waals surface area contributed by atoms with Gasteiger partial charge in [-0.15, -0.1) is 0 Å². The topological polar surface area (TPSA) is 80.7 Å². The summed E-state index contributed by atoms with van der Waals surface area (Å²) < 4.78 is 12.0. The van der Waals surface area contributed by atoms with E-state index in [2.05, 4.69) is 31.1 Å². The third kappa shape index (κ3) is 4.95. The zero-order chi connectivity index (χ0) is 19.6. The van der Waals surface area contributed by atoms with Gasteiger partial charge in [0.15, 0.2) is 0 Å². The van der Waals surface area contributed by atoms with Gasteiger partial charge in [0.2, 0.25) is 0 Å². The molecule has 7 heteroatoms. The summed E-state index contributed by atoms with van der Waals surface area (Å²) in [5, 5.41) is 11.2. The molecule has 2 unspecified atom stereocenters. The fourth-order valence-corrected chi connectivity index (χ4v) is 4.55. The molecule has 1 aromatic heterocycles.